The molecule has 0 radical (unpaired) electrons. The minimum absolute atomic E-state index is 0.239. The fourth-order valence-electron chi connectivity index (χ4n) is 3.32. The summed E-state index contributed by atoms with van der Waals surface area (Å²) in [4.78, 5) is 3.23. The van der Waals surface area contributed by atoms with Crippen molar-refractivity contribution >= 4 is 16.6 Å². The summed E-state index contributed by atoms with van der Waals surface area (Å²) < 4.78 is 5.87. The van der Waals surface area contributed by atoms with E-state index >= 15 is 0 Å². The maximum absolute atomic E-state index is 5.87. The second-order valence-corrected chi connectivity index (χ2v) is 6.02. The fraction of sp³-hybridized carbons (Fsp3) is 0.529. The van der Waals surface area contributed by atoms with Crippen LogP contribution in [0.3, 0.4) is 0 Å². The maximum atomic E-state index is 5.87. The molecule has 1 saturated carbocycles. The van der Waals surface area contributed by atoms with Crippen LogP contribution in [0.1, 0.15) is 33.6 Å². The molecule has 3 atom stereocenters. The summed E-state index contributed by atoms with van der Waals surface area (Å²) in [6, 6.07) is 9.13. The summed E-state index contributed by atoms with van der Waals surface area (Å²) in [5, 5.41) is 4.95. The van der Waals surface area contributed by atoms with Crippen LogP contribution in [-0.4, -0.2) is 23.7 Å². The van der Waals surface area contributed by atoms with E-state index in [2.05, 4.69) is 55.3 Å². The number of rotatable bonds is 5. The van der Waals surface area contributed by atoms with Gasteiger partial charge in [-0.15, -0.1) is 0 Å². The van der Waals surface area contributed by atoms with Crippen molar-refractivity contribution in [2.24, 2.45) is 5.41 Å². The van der Waals surface area contributed by atoms with Crippen molar-refractivity contribution in [3.63, 3.8) is 0 Å². The van der Waals surface area contributed by atoms with Gasteiger partial charge in [-0.3, -0.25) is 0 Å². The van der Waals surface area contributed by atoms with Gasteiger partial charge in [0.25, 0.3) is 0 Å². The Morgan fingerprint density at radius 1 is 1.35 bits per heavy atom. The van der Waals surface area contributed by atoms with Crippen molar-refractivity contribution in [2.75, 3.05) is 11.9 Å². The lowest BCUT2D eigenvalue weighted by Crippen LogP contribution is -2.59. The molecule has 3 nitrogen and oxygen atoms in total. The number of hydrogen-bond acceptors (Lipinski definition) is 2. The lowest BCUT2D eigenvalue weighted by Gasteiger charge is -2.54. The largest absolute Gasteiger partial charge is 0.382 e. The molecule has 1 aliphatic rings. The van der Waals surface area contributed by atoms with E-state index in [1.807, 2.05) is 6.20 Å². The first-order chi connectivity index (χ1) is 9.67. The van der Waals surface area contributed by atoms with E-state index in [-0.39, 0.29) is 5.41 Å². The first-order valence-electron chi connectivity index (χ1n) is 7.62. The van der Waals surface area contributed by atoms with Gasteiger partial charge in [0, 0.05) is 40.9 Å². The Kier molecular flexibility index (Phi) is 3.47. The highest BCUT2D eigenvalue weighted by atomic mass is 16.5. The molecule has 1 aromatic heterocycles. The molecule has 2 N–H and O–H groups in total. The van der Waals surface area contributed by atoms with Crippen LogP contribution >= 0.6 is 0 Å². The van der Waals surface area contributed by atoms with Gasteiger partial charge in [0.05, 0.1) is 6.10 Å². The molecular weight excluding hydrogens is 248 g/mol. The van der Waals surface area contributed by atoms with Crippen LogP contribution in [0.4, 0.5) is 5.69 Å². The number of H-pyrrole nitrogens is 1. The molecule has 2 aromatic rings. The molecule has 0 bridgehead atoms. The highest BCUT2D eigenvalue weighted by Crippen LogP contribution is 2.47. The van der Waals surface area contributed by atoms with Crippen LogP contribution in [0.2, 0.25) is 0 Å². The second-order valence-electron chi connectivity index (χ2n) is 6.02. The van der Waals surface area contributed by atoms with Crippen molar-refractivity contribution in [3.8, 4) is 0 Å². The van der Waals surface area contributed by atoms with Gasteiger partial charge < -0.3 is 15.0 Å². The molecule has 1 aromatic carbocycles. The van der Waals surface area contributed by atoms with Gasteiger partial charge in [-0.25, -0.2) is 0 Å². The monoisotopic (exact) mass is 272 g/mol. The molecule has 1 heterocycles. The van der Waals surface area contributed by atoms with Crippen molar-refractivity contribution in [1.82, 2.24) is 4.98 Å². The Hall–Kier alpha value is -1.48. The summed E-state index contributed by atoms with van der Waals surface area (Å²) in [5.74, 6) is 0. The Bertz CT molecular complexity index is 591. The highest BCUT2D eigenvalue weighted by Gasteiger charge is 2.51. The number of benzene rings is 1. The summed E-state index contributed by atoms with van der Waals surface area (Å²) in [5.41, 5.74) is 2.63. The summed E-state index contributed by atoms with van der Waals surface area (Å²) in [6.07, 6.45) is 4.62. The lowest BCUT2D eigenvalue weighted by atomic mass is 9.61. The van der Waals surface area contributed by atoms with Crippen LogP contribution in [0, 0.1) is 5.41 Å². The Balaban J connectivity index is 1.74. The van der Waals surface area contributed by atoms with Crippen LogP contribution in [0.15, 0.2) is 30.5 Å². The van der Waals surface area contributed by atoms with E-state index in [1.165, 1.54) is 16.6 Å². The third-order valence-corrected chi connectivity index (χ3v) is 5.01. The summed E-state index contributed by atoms with van der Waals surface area (Å²) in [7, 11) is 0. The van der Waals surface area contributed by atoms with Gasteiger partial charge >= 0.3 is 0 Å². The SMILES string of the molecule is CCOC1CC(Nc2ccc3[nH]ccc3c2)C1(C)CC. The molecule has 1 fully saturated rings. The van der Waals surface area contributed by atoms with Crippen LogP contribution in [0.25, 0.3) is 10.9 Å². The Morgan fingerprint density at radius 3 is 2.95 bits per heavy atom. The van der Waals surface area contributed by atoms with Gasteiger partial charge in [-0.2, -0.15) is 0 Å². The predicted molar refractivity (Wildman–Crippen MR) is 84.1 cm³/mol. The standard InChI is InChI=1S/C17H24N2O/c1-4-17(3)15(11-16(17)20-5-2)19-13-6-7-14-12(10-13)8-9-18-14/h6-10,15-16,18-19H,4-5,11H2,1-3H3. The number of hydrogen-bond donors (Lipinski definition) is 2. The number of fused-ring (bicyclic) bond motifs is 1. The quantitative estimate of drug-likeness (QED) is 0.857. The molecule has 20 heavy (non-hydrogen) atoms. The molecule has 108 valence electrons. The second kappa shape index (κ2) is 5.13. The minimum Gasteiger partial charge on any atom is -0.382 e. The minimum atomic E-state index is 0.239. The van der Waals surface area contributed by atoms with Crippen LogP contribution < -0.4 is 5.32 Å². The van der Waals surface area contributed by atoms with E-state index in [1.54, 1.807) is 0 Å². The lowest BCUT2D eigenvalue weighted by molar-refractivity contribution is -0.109. The van der Waals surface area contributed by atoms with E-state index in [0.29, 0.717) is 12.1 Å². The van der Waals surface area contributed by atoms with Crippen molar-refractivity contribution in [1.29, 1.82) is 0 Å². The first-order valence-corrected chi connectivity index (χ1v) is 7.62. The van der Waals surface area contributed by atoms with Crippen LogP contribution in [0.5, 0.6) is 0 Å². The zero-order valence-electron chi connectivity index (χ0n) is 12.6. The van der Waals surface area contributed by atoms with Crippen molar-refractivity contribution < 1.29 is 4.74 Å². The molecule has 1 aliphatic carbocycles. The molecular formula is C17H24N2O. The van der Waals surface area contributed by atoms with Gasteiger partial charge in [0.2, 0.25) is 0 Å². The van der Waals surface area contributed by atoms with Gasteiger partial charge in [-0.05, 0) is 44.0 Å². The van der Waals surface area contributed by atoms with Crippen molar-refractivity contribution in [3.05, 3.63) is 30.5 Å². The molecule has 3 heteroatoms. The number of nitrogens with one attached hydrogen (secondary N) is 2. The van der Waals surface area contributed by atoms with Crippen LogP contribution in [-0.2, 0) is 4.74 Å². The average Bonchev–Trinajstić information content (AvgIpc) is 2.92. The number of aromatic amines is 1. The fourth-order valence-corrected chi connectivity index (χ4v) is 3.32. The zero-order valence-corrected chi connectivity index (χ0v) is 12.6. The maximum Gasteiger partial charge on any atom is 0.0667 e. The van der Waals surface area contributed by atoms with E-state index in [4.69, 9.17) is 4.74 Å². The molecule has 3 unspecified atom stereocenters. The number of anilines is 1. The highest BCUT2D eigenvalue weighted by molar-refractivity contribution is 5.83. The molecule has 0 saturated heterocycles. The number of ether oxygens (including phenoxy) is 1. The topological polar surface area (TPSA) is 37.0 Å². The van der Waals surface area contributed by atoms with E-state index < -0.39 is 0 Å². The third kappa shape index (κ3) is 2.10. The predicted octanol–water partition coefficient (Wildman–Crippen LogP) is 4.17. The normalized spacial score (nSPS) is 29.4. The molecule has 0 aliphatic heterocycles. The Labute approximate surface area is 120 Å². The van der Waals surface area contributed by atoms with Gasteiger partial charge in [0.15, 0.2) is 0 Å². The zero-order chi connectivity index (χ0) is 14.2. The first kappa shape index (κ1) is 13.5. The van der Waals surface area contributed by atoms with E-state index in [0.717, 1.165) is 19.4 Å². The van der Waals surface area contributed by atoms with E-state index in [9.17, 15) is 0 Å². The van der Waals surface area contributed by atoms with Crippen molar-refractivity contribution in [2.45, 2.75) is 45.8 Å². The summed E-state index contributed by atoms with van der Waals surface area (Å²) >= 11 is 0. The summed E-state index contributed by atoms with van der Waals surface area (Å²) in [6.45, 7) is 7.48. The molecule has 0 spiro atoms. The average molecular weight is 272 g/mol. The van der Waals surface area contributed by atoms with Gasteiger partial charge in [-0.1, -0.05) is 13.8 Å². The molecule has 3 rings (SSSR count). The molecule has 0 amide bonds. The van der Waals surface area contributed by atoms with Gasteiger partial charge in [0.1, 0.15) is 0 Å². The smallest absolute Gasteiger partial charge is 0.0667 e. The Morgan fingerprint density at radius 2 is 2.20 bits per heavy atom. The third-order valence-electron chi connectivity index (χ3n) is 5.01. The number of aromatic nitrogens is 1.